The van der Waals surface area contributed by atoms with Gasteiger partial charge in [0.25, 0.3) is 12.1 Å². The van der Waals surface area contributed by atoms with E-state index in [1.54, 1.807) is 12.1 Å². The molecular formula is C15H19ClN4O4. The van der Waals surface area contributed by atoms with Gasteiger partial charge in [-0.3, -0.25) is 20.2 Å². The van der Waals surface area contributed by atoms with E-state index in [0.717, 1.165) is 5.56 Å². The summed E-state index contributed by atoms with van der Waals surface area (Å²) in [7, 11) is 0. The van der Waals surface area contributed by atoms with E-state index in [2.05, 4.69) is 11.6 Å². The van der Waals surface area contributed by atoms with Crippen molar-refractivity contribution < 1.29 is 9.85 Å². The van der Waals surface area contributed by atoms with Crippen LogP contribution < -0.4 is 0 Å². The van der Waals surface area contributed by atoms with E-state index in [0.29, 0.717) is 11.1 Å². The quantitative estimate of drug-likeness (QED) is 0.454. The Morgan fingerprint density at radius 3 is 1.75 bits per heavy atom. The molecule has 0 heterocycles. The fourth-order valence-corrected chi connectivity index (χ4v) is 1.90. The predicted octanol–water partition coefficient (Wildman–Crippen LogP) is 3.16. The zero-order valence-corrected chi connectivity index (χ0v) is 13.5. The van der Waals surface area contributed by atoms with Gasteiger partial charge in [-0.15, -0.1) is 11.6 Å². The van der Waals surface area contributed by atoms with Gasteiger partial charge in [-0.2, -0.15) is 10.5 Å². The Bertz CT molecular complexity index is 646. The van der Waals surface area contributed by atoms with Crippen molar-refractivity contribution in [3.63, 3.8) is 0 Å². The molecular weight excluding hydrogens is 336 g/mol. The lowest BCUT2D eigenvalue weighted by atomic mass is 10.1. The topological polar surface area (TPSA) is 134 Å². The summed E-state index contributed by atoms with van der Waals surface area (Å²) in [4.78, 5) is 18.8. The summed E-state index contributed by atoms with van der Waals surface area (Å²) in [5.41, 5.74) is 1.89. The van der Waals surface area contributed by atoms with Gasteiger partial charge in [0, 0.05) is 16.2 Å². The number of hydrogen-bond acceptors (Lipinski definition) is 6. The standard InChI is InChI=1S/C9H6N2.C4H6N2O4.CH3Cl.CH4/c1-7-2-3-8(5-10)9(4-7)6-11;1-2-3(5(7)8)4(2)6(9)10;1-2;/h2-4H,1H3;2-4H,1H3;1H3;1H4. The number of alkyl halides is 1. The Labute approximate surface area is 145 Å². The van der Waals surface area contributed by atoms with Crippen LogP contribution in [-0.2, 0) is 0 Å². The third kappa shape index (κ3) is 6.19. The summed E-state index contributed by atoms with van der Waals surface area (Å²) in [6, 6.07) is 7.20. The van der Waals surface area contributed by atoms with Gasteiger partial charge in [-0.25, -0.2) is 0 Å². The number of hydrogen-bond donors (Lipinski definition) is 0. The normalized spacial score (nSPS) is 19.5. The van der Waals surface area contributed by atoms with Gasteiger partial charge >= 0.3 is 0 Å². The van der Waals surface area contributed by atoms with Crippen LogP contribution in [0.4, 0.5) is 0 Å². The lowest BCUT2D eigenvalue weighted by Crippen LogP contribution is -2.12. The molecule has 2 rings (SSSR count). The van der Waals surface area contributed by atoms with Crippen molar-refractivity contribution in [2.45, 2.75) is 33.4 Å². The highest BCUT2D eigenvalue weighted by molar-refractivity contribution is 6.15. The zero-order valence-electron chi connectivity index (χ0n) is 12.8. The molecule has 2 unspecified atom stereocenters. The molecule has 130 valence electrons. The lowest BCUT2D eigenvalue weighted by molar-refractivity contribution is -0.558. The summed E-state index contributed by atoms with van der Waals surface area (Å²) < 4.78 is 0. The average Bonchev–Trinajstić information content (AvgIpc) is 3.22. The SMILES string of the molecule is C.CC1C([N+](=O)[O-])C1[N+](=O)[O-].CCl.Cc1ccc(C#N)c(C#N)c1. The fraction of sp³-hybridized carbons (Fsp3) is 0.467. The van der Waals surface area contributed by atoms with Gasteiger partial charge < -0.3 is 0 Å². The van der Waals surface area contributed by atoms with E-state index < -0.39 is 27.8 Å². The van der Waals surface area contributed by atoms with Crippen LogP contribution in [0.5, 0.6) is 0 Å². The molecule has 0 bridgehead atoms. The van der Waals surface area contributed by atoms with Crippen LogP contribution in [-0.4, -0.2) is 28.3 Å². The van der Waals surface area contributed by atoms with Crippen molar-refractivity contribution in [3.05, 3.63) is 55.1 Å². The van der Waals surface area contributed by atoms with E-state index in [1.165, 1.54) is 13.3 Å². The molecule has 24 heavy (non-hydrogen) atoms. The maximum absolute atomic E-state index is 9.99. The highest BCUT2D eigenvalue weighted by atomic mass is 35.5. The van der Waals surface area contributed by atoms with E-state index in [4.69, 9.17) is 10.5 Å². The van der Waals surface area contributed by atoms with Crippen LogP contribution >= 0.6 is 11.6 Å². The summed E-state index contributed by atoms with van der Waals surface area (Å²) in [5, 5.41) is 37.1. The predicted molar refractivity (Wildman–Crippen MR) is 89.8 cm³/mol. The second-order valence-corrected chi connectivity index (χ2v) is 4.68. The molecule has 0 N–H and O–H groups in total. The van der Waals surface area contributed by atoms with Crippen LogP contribution in [0.25, 0.3) is 0 Å². The summed E-state index contributed by atoms with van der Waals surface area (Å²) in [6.07, 6.45) is 1.47. The van der Waals surface area contributed by atoms with Crippen molar-refractivity contribution in [3.8, 4) is 12.1 Å². The van der Waals surface area contributed by atoms with E-state index in [-0.39, 0.29) is 7.43 Å². The van der Waals surface area contributed by atoms with E-state index in [9.17, 15) is 20.2 Å². The molecule has 8 nitrogen and oxygen atoms in total. The molecule has 1 fully saturated rings. The zero-order chi connectivity index (χ0) is 18.2. The minimum atomic E-state index is -0.949. The minimum Gasteiger partial charge on any atom is -0.264 e. The molecule has 0 aromatic heterocycles. The number of halogens is 1. The first-order valence-electron chi connectivity index (χ1n) is 6.39. The molecule has 1 aromatic carbocycles. The lowest BCUT2D eigenvalue weighted by Gasteiger charge is -1.94. The van der Waals surface area contributed by atoms with Crippen LogP contribution in [0.2, 0.25) is 0 Å². The molecule has 1 aromatic rings. The van der Waals surface area contributed by atoms with Gasteiger partial charge in [-0.05, 0) is 31.5 Å². The minimum absolute atomic E-state index is 0. The number of nitro groups is 2. The molecule has 2 atom stereocenters. The van der Waals surface area contributed by atoms with Crippen LogP contribution in [0.3, 0.4) is 0 Å². The van der Waals surface area contributed by atoms with Crippen LogP contribution in [0.1, 0.15) is 31.0 Å². The Morgan fingerprint density at radius 1 is 1.04 bits per heavy atom. The largest absolute Gasteiger partial charge is 0.288 e. The van der Waals surface area contributed by atoms with Gasteiger partial charge in [0.2, 0.25) is 0 Å². The van der Waals surface area contributed by atoms with Gasteiger partial charge in [0.05, 0.1) is 11.1 Å². The molecule has 0 spiro atoms. The van der Waals surface area contributed by atoms with Gasteiger partial charge in [0.15, 0.2) is 0 Å². The smallest absolute Gasteiger partial charge is 0.264 e. The van der Waals surface area contributed by atoms with Crippen LogP contribution in [0.15, 0.2) is 18.2 Å². The number of nitrogens with zero attached hydrogens (tertiary/aromatic N) is 4. The molecule has 0 aliphatic heterocycles. The first-order valence-corrected chi connectivity index (χ1v) is 7.14. The Hall–Kier alpha value is -2.71. The molecule has 0 amide bonds. The number of aryl methyl sites for hydroxylation is 1. The van der Waals surface area contributed by atoms with Crippen molar-refractivity contribution in [1.29, 1.82) is 10.5 Å². The van der Waals surface area contributed by atoms with Crippen molar-refractivity contribution in [2.75, 3.05) is 6.38 Å². The molecule has 1 aliphatic rings. The first-order chi connectivity index (χ1) is 10.8. The Morgan fingerprint density at radius 2 is 1.46 bits per heavy atom. The number of benzene rings is 1. The molecule has 9 heteroatoms. The monoisotopic (exact) mass is 354 g/mol. The van der Waals surface area contributed by atoms with Crippen molar-refractivity contribution in [1.82, 2.24) is 0 Å². The third-order valence-electron chi connectivity index (χ3n) is 3.19. The van der Waals surface area contributed by atoms with Crippen LogP contribution in [0, 0.1) is 55.7 Å². The highest BCUT2D eigenvalue weighted by Crippen LogP contribution is 2.35. The molecule has 0 radical (unpaired) electrons. The summed E-state index contributed by atoms with van der Waals surface area (Å²) in [5.74, 6) is -0.398. The fourth-order valence-electron chi connectivity index (χ4n) is 1.90. The number of rotatable bonds is 2. The Balaban J connectivity index is 0. The summed E-state index contributed by atoms with van der Waals surface area (Å²) in [6.45, 7) is 3.41. The highest BCUT2D eigenvalue weighted by Gasteiger charge is 2.67. The molecule has 0 saturated heterocycles. The molecule has 1 aliphatic carbocycles. The second kappa shape index (κ2) is 10.9. The third-order valence-corrected chi connectivity index (χ3v) is 3.19. The van der Waals surface area contributed by atoms with Gasteiger partial charge in [0.1, 0.15) is 18.1 Å². The van der Waals surface area contributed by atoms with E-state index >= 15 is 0 Å². The summed E-state index contributed by atoms with van der Waals surface area (Å²) >= 11 is 4.64. The van der Waals surface area contributed by atoms with Crippen molar-refractivity contribution >= 4 is 11.6 Å². The average molecular weight is 355 g/mol. The number of nitriles is 2. The van der Waals surface area contributed by atoms with E-state index in [1.807, 2.05) is 25.1 Å². The van der Waals surface area contributed by atoms with Gasteiger partial charge in [-0.1, -0.05) is 13.5 Å². The maximum Gasteiger partial charge on any atom is 0.288 e. The Kier molecular flexibility index (Phi) is 10.7. The first kappa shape index (κ1) is 23.6. The maximum atomic E-state index is 9.99. The second-order valence-electron chi connectivity index (χ2n) is 4.68. The molecule has 1 saturated carbocycles. The van der Waals surface area contributed by atoms with Crippen molar-refractivity contribution in [2.24, 2.45) is 5.92 Å².